The summed E-state index contributed by atoms with van der Waals surface area (Å²) in [6.07, 6.45) is 2.01. The molecule has 0 saturated heterocycles. The summed E-state index contributed by atoms with van der Waals surface area (Å²) in [6, 6.07) is 8.43. The summed E-state index contributed by atoms with van der Waals surface area (Å²) in [5.74, 6) is 0.920. The van der Waals surface area contributed by atoms with E-state index in [1.54, 1.807) is 18.4 Å². The van der Waals surface area contributed by atoms with Crippen molar-refractivity contribution >= 4 is 11.3 Å². The van der Waals surface area contributed by atoms with Gasteiger partial charge in [-0.05, 0) is 59.3 Å². The first kappa shape index (κ1) is 13.1. The lowest BCUT2D eigenvalue weighted by Crippen LogP contribution is -2.11. The Morgan fingerprint density at radius 1 is 1.33 bits per heavy atom. The van der Waals surface area contributed by atoms with Crippen molar-refractivity contribution in [1.82, 2.24) is 0 Å². The van der Waals surface area contributed by atoms with Crippen molar-refractivity contribution in [2.75, 3.05) is 7.11 Å². The summed E-state index contributed by atoms with van der Waals surface area (Å²) in [5.41, 5.74) is 9.93. The zero-order chi connectivity index (χ0) is 13.0. The van der Waals surface area contributed by atoms with Crippen LogP contribution >= 0.6 is 11.3 Å². The van der Waals surface area contributed by atoms with Gasteiger partial charge in [0.15, 0.2) is 0 Å². The molecule has 0 aliphatic rings. The number of methoxy groups -OCH3 is 1. The number of aryl methyl sites for hydroxylation is 2. The number of nitrogens with two attached hydrogens (primary N) is 1. The Labute approximate surface area is 112 Å². The molecule has 2 nitrogen and oxygen atoms in total. The van der Waals surface area contributed by atoms with E-state index in [1.165, 1.54) is 11.1 Å². The Morgan fingerprint density at radius 2 is 2.17 bits per heavy atom. The number of thiophene rings is 1. The molecule has 2 rings (SSSR count). The molecule has 0 saturated carbocycles. The van der Waals surface area contributed by atoms with Crippen LogP contribution in [0.1, 0.15) is 29.2 Å². The highest BCUT2D eigenvalue weighted by Gasteiger charge is 2.08. The van der Waals surface area contributed by atoms with Crippen LogP contribution in [0.5, 0.6) is 5.75 Å². The summed E-state index contributed by atoms with van der Waals surface area (Å²) in [5, 5.41) is 4.30. The van der Waals surface area contributed by atoms with Crippen LogP contribution in [0.15, 0.2) is 35.0 Å². The molecular formula is C15H19NOS. The van der Waals surface area contributed by atoms with Crippen molar-refractivity contribution in [2.24, 2.45) is 5.73 Å². The highest BCUT2D eigenvalue weighted by Crippen LogP contribution is 2.24. The number of benzene rings is 1. The maximum atomic E-state index is 6.23. The third-order valence-corrected chi connectivity index (χ3v) is 3.90. The standard InChI is InChI=1S/C15H19NOS/c1-11-9-13(4-6-15(11)17-2)14(16)5-3-12-7-8-18-10-12/h4,6-10,14H,3,5,16H2,1-2H3. The molecule has 0 fully saturated rings. The van der Waals surface area contributed by atoms with Gasteiger partial charge in [-0.3, -0.25) is 0 Å². The Kier molecular flexibility index (Phi) is 4.39. The molecule has 2 N–H and O–H groups in total. The first-order valence-corrected chi connectivity index (χ1v) is 7.06. The molecule has 0 amide bonds. The largest absolute Gasteiger partial charge is 0.496 e. The average Bonchev–Trinajstić information content (AvgIpc) is 2.89. The summed E-state index contributed by atoms with van der Waals surface area (Å²) in [4.78, 5) is 0. The first-order chi connectivity index (χ1) is 8.70. The molecule has 0 radical (unpaired) electrons. The Bertz CT molecular complexity index is 493. The fourth-order valence-electron chi connectivity index (χ4n) is 2.06. The Balaban J connectivity index is 2.00. The monoisotopic (exact) mass is 261 g/mol. The fraction of sp³-hybridized carbons (Fsp3) is 0.333. The van der Waals surface area contributed by atoms with E-state index in [4.69, 9.17) is 10.5 Å². The van der Waals surface area contributed by atoms with Gasteiger partial charge in [-0.15, -0.1) is 0 Å². The second kappa shape index (κ2) is 6.03. The normalized spacial score (nSPS) is 12.4. The van der Waals surface area contributed by atoms with E-state index in [0.29, 0.717) is 0 Å². The maximum Gasteiger partial charge on any atom is 0.121 e. The Morgan fingerprint density at radius 3 is 2.78 bits per heavy atom. The van der Waals surface area contributed by atoms with Crippen LogP contribution in [0.25, 0.3) is 0 Å². The quantitative estimate of drug-likeness (QED) is 0.890. The van der Waals surface area contributed by atoms with Gasteiger partial charge in [-0.2, -0.15) is 11.3 Å². The minimum atomic E-state index is 0.0921. The van der Waals surface area contributed by atoms with Gasteiger partial charge >= 0.3 is 0 Å². The zero-order valence-electron chi connectivity index (χ0n) is 10.8. The summed E-state index contributed by atoms with van der Waals surface area (Å²) in [7, 11) is 1.69. The minimum absolute atomic E-state index is 0.0921. The van der Waals surface area contributed by atoms with Gasteiger partial charge in [0.1, 0.15) is 5.75 Å². The SMILES string of the molecule is COc1ccc(C(N)CCc2ccsc2)cc1C. The molecular weight excluding hydrogens is 242 g/mol. The van der Waals surface area contributed by atoms with E-state index in [1.807, 2.05) is 13.0 Å². The third-order valence-electron chi connectivity index (χ3n) is 3.17. The molecule has 0 bridgehead atoms. The molecule has 1 atom stereocenters. The number of ether oxygens (including phenoxy) is 1. The molecule has 18 heavy (non-hydrogen) atoms. The van der Waals surface area contributed by atoms with Crippen molar-refractivity contribution in [3.05, 3.63) is 51.7 Å². The second-order valence-corrected chi connectivity index (χ2v) is 5.29. The van der Waals surface area contributed by atoms with Crippen LogP contribution in [-0.2, 0) is 6.42 Å². The number of rotatable bonds is 5. The van der Waals surface area contributed by atoms with Gasteiger partial charge in [0.05, 0.1) is 7.11 Å². The van der Waals surface area contributed by atoms with Crippen LogP contribution in [0.4, 0.5) is 0 Å². The fourth-order valence-corrected chi connectivity index (χ4v) is 2.76. The maximum absolute atomic E-state index is 6.23. The molecule has 2 aromatic rings. The molecule has 0 aliphatic heterocycles. The van der Waals surface area contributed by atoms with Crippen molar-refractivity contribution in [1.29, 1.82) is 0 Å². The molecule has 3 heteroatoms. The van der Waals surface area contributed by atoms with Crippen molar-refractivity contribution in [3.63, 3.8) is 0 Å². The highest BCUT2D eigenvalue weighted by molar-refractivity contribution is 7.07. The second-order valence-electron chi connectivity index (χ2n) is 4.51. The van der Waals surface area contributed by atoms with Crippen molar-refractivity contribution in [3.8, 4) is 5.75 Å². The topological polar surface area (TPSA) is 35.2 Å². The molecule has 0 aliphatic carbocycles. The molecule has 0 spiro atoms. The van der Waals surface area contributed by atoms with E-state index >= 15 is 0 Å². The first-order valence-electron chi connectivity index (χ1n) is 6.12. The summed E-state index contributed by atoms with van der Waals surface area (Å²) in [6.45, 7) is 2.05. The number of hydrogen-bond acceptors (Lipinski definition) is 3. The van der Waals surface area contributed by atoms with Gasteiger partial charge in [-0.1, -0.05) is 12.1 Å². The van der Waals surface area contributed by atoms with Gasteiger partial charge in [0.2, 0.25) is 0 Å². The number of hydrogen-bond donors (Lipinski definition) is 1. The molecule has 1 unspecified atom stereocenters. The van der Waals surface area contributed by atoms with E-state index < -0.39 is 0 Å². The predicted molar refractivity (Wildman–Crippen MR) is 77.3 cm³/mol. The van der Waals surface area contributed by atoms with E-state index in [-0.39, 0.29) is 6.04 Å². The van der Waals surface area contributed by atoms with Crippen molar-refractivity contribution in [2.45, 2.75) is 25.8 Å². The van der Waals surface area contributed by atoms with Crippen LogP contribution in [0.2, 0.25) is 0 Å². The zero-order valence-corrected chi connectivity index (χ0v) is 11.7. The van der Waals surface area contributed by atoms with Gasteiger partial charge in [0, 0.05) is 6.04 Å². The highest BCUT2D eigenvalue weighted by atomic mass is 32.1. The smallest absolute Gasteiger partial charge is 0.121 e. The van der Waals surface area contributed by atoms with E-state index in [9.17, 15) is 0 Å². The van der Waals surface area contributed by atoms with E-state index in [2.05, 4.69) is 29.0 Å². The Hall–Kier alpha value is -1.32. The molecule has 96 valence electrons. The third kappa shape index (κ3) is 3.12. The van der Waals surface area contributed by atoms with Crippen LogP contribution < -0.4 is 10.5 Å². The molecule has 1 aromatic heterocycles. The lowest BCUT2D eigenvalue weighted by atomic mass is 9.99. The van der Waals surface area contributed by atoms with Crippen LogP contribution in [0, 0.1) is 6.92 Å². The van der Waals surface area contributed by atoms with Gasteiger partial charge in [0.25, 0.3) is 0 Å². The summed E-state index contributed by atoms with van der Waals surface area (Å²) >= 11 is 1.74. The van der Waals surface area contributed by atoms with Gasteiger partial charge in [-0.25, -0.2) is 0 Å². The minimum Gasteiger partial charge on any atom is -0.496 e. The average molecular weight is 261 g/mol. The van der Waals surface area contributed by atoms with Gasteiger partial charge < -0.3 is 10.5 Å². The lowest BCUT2D eigenvalue weighted by molar-refractivity contribution is 0.411. The summed E-state index contributed by atoms with van der Waals surface area (Å²) < 4.78 is 5.26. The lowest BCUT2D eigenvalue weighted by Gasteiger charge is -2.14. The molecule has 1 aromatic carbocycles. The van der Waals surface area contributed by atoms with Crippen LogP contribution in [-0.4, -0.2) is 7.11 Å². The van der Waals surface area contributed by atoms with Crippen molar-refractivity contribution < 1.29 is 4.74 Å². The molecule has 1 heterocycles. The van der Waals surface area contributed by atoms with Crippen LogP contribution in [0.3, 0.4) is 0 Å². The van der Waals surface area contributed by atoms with E-state index in [0.717, 1.165) is 24.2 Å². The predicted octanol–water partition coefficient (Wildman–Crippen LogP) is 3.70.